The SMILES string of the molecule is C[C@]12C=CC(N)C=C1C=C[C@@H]1[C@H]2CC[C@]2(C)C(O)CC[C@@H]12. The van der Waals surface area contributed by atoms with Crippen LogP contribution < -0.4 is 5.73 Å². The van der Waals surface area contributed by atoms with Crippen molar-refractivity contribution in [3.8, 4) is 0 Å². The maximum atomic E-state index is 10.4. The summed E-state index contributed by atoms with van der Waals surface area (Å²) in [5.74, 6) is 1.92. The van der Waals surface area contributed by atoms with Crippen LogP contribution in [0.3, 0.4) is 0 Å². The molecule has 0 spiro atoms. The number of allylic oxidation sites excluding steroid dienone is 4. The summed E-state index contributed by atoms with van der Waals surface area (Å²) in [6.45, 7) is 4.70. The fourth-order valence-corrected chi connectivity index (χ4v) is 5.77. The largest absolute Gasteiger partial charge is 0.393 e. The second kappa shape index (κ2) is 4.33. The van der Waals surface area contributed by atoms with E-state index in [-0.39, 0.29) is 23.0 Å². The Labute approximate surface area is 127 Å². The van der Waals surface area contributed by atoms with Gasteiger partial charge in [-0.2, -0.15) is 0 Å². The molecule has 4 aliphatic rings. The van der Waals surface area contributed by atoms with Gasteiger partial charge in [-0.15, -0.1) is 0 Å². The normalized spacial score (nSPS) is 54.7. The summed E-state index contributed by atoms with van der Waals surface area (Å²) in [5, 5.41) is 10.4. The second-order valence-corrected chi connectivity index (χ2v) is 8.13. The Kier molecular flexibility index (Phi) is 2.84. The van der Waals surface area contributed by atoms with Gasteiger partial charge >= 0.3 is 0 Å². The van der Waals surface area contributed by atoms with E-state index in [1.54, 1.807) is 0 Å². The van der Waals surface area contributed by atoms with Gasteiger partial charge in [0.25, 0.3) is 0 Å². The van der Waals surface area contributed by atoms with Crippen LogP contribution in [0.1, 0.15) is 39.5 Å². The monoisotopic (exact) mass is 285 g/mol. The number of aliphatic hydroxyl groups excluding tert-OH is 1. The van der Waals surface area contributed by atoms with Crippen LogP contribution in [0.4, 0.5) is 0 Å². The lowest BCUT2D eigenvalue weighted by atomic mass is 9.50. The van der Waals surface area contributed by atoms with Gasteiger partial charge in [0.1, 0.15) is 0 Å². The summed E-state index contributed by atoms with van der Waals surface area (Å²) in [7, 11) is 0. The first-order valence-corrected chi connectivity index (χ1v) is 8.49. The minimum Gasteiger partial charge on any atom is -0.393 e. The van der Waals surface area contributed by atoms with Crippen LogP contribution in [0, 0.1) is 28.6 Å². The lowest BCUT2D eigenvalue weighted by Gasteiger charge is -2.54. The summed E-state index contributed by atoms with van der Waals surface area (Å²) >= 11 is 0. The van der Waals surface area contributed by atoms with Crippen molar-refractivity contribution in [1.29, 1.82) is 0 Å². The first-order chi connectivity index (χ1) is 9.95. The van der Waals surface area contributed by atoms with Crippen molar-refractivity contribution >= 4 is 0 Å². The maximum absolute atomic E-state index is 10.4. The zero-order chi connectivity index (χ0) is 14.8. The van der Waals surface area contributed by atoms with Crippen molar-refractivity contribution < 1.29 is 5.11 Å². The van der Waals surface area contributed by atoms with E-state index >= 15 is 0 Å². The Hall–Kier alpha value is -0.860. The highest BCUT2D eigenvalue weighted by molar-refractivity contribution is 5.42. The van der Waals surface area contributed by atoms with Gasteiger partial charge in [0, 0.05) is 11.5 Å². The standard InChI is InChI=1S/C19H27NO/c1-18-9-7-13(20)11-12(18)3-4-14-15-5-6-17(21)19(15,2)10-8-16(14)18/h3-4,7,9,11,13-17,21H,5-6,8,10,20H2,1-2H3/t13?,14-,15-,16+,17?,18-,19-/m0/s1. The minimum atomic E-state index is -0.100. The van der Waals surface area contributed by atoms with Crippen molar-refractivity contribution in [2.75, 3.05) is 0 Å². The zero-order valence-electron chi connectivity index (χ0n) is 13.1. The van der Waals surface area contributed by atoms with Crippen LogP contribution in [-0.4, -0.2) is 17.3 Å². The highest BCUT2D eigenvalue weighted by Crippen LogP contribution is 2.62. The van der Waals surface area contributed by atoms with Gasteiger partial charge in [0.2, 0.25) is 0 Å². The van der Waals surface area contributed by atoms with E-state index in [2.05, 4.69) is 44.2 Å². The minimum absolute atomic E-state index is 0.0661. The lowest BCUT2D eigenvalue weighted by Crippen LogP contribution is -2.49. The predicted molar refractivity (Wildman–Crippen MR) is 85.5 cm³/mol. The van der Waals surface area contributed by atoms with E-state index in [0.29, 0.717) is 17.8 Å². The van der Waals surface area contributed by atoms with E-state index in [1.807, 2.05) is 0 Å². The summed E-state index contributed by atoms with van der Waals surface area (Å²) in [4.78, 5) is 0. The predicted octanol–water partition coefficient (Wildman–Crippen LogP) is 3.19. The molecule has 7 atom stereocenters. The van der Waals surface area contributed by atoms with E-state index in [9.17, 15) is 5.11 Å². The number of hydrogen-bond donors (Lipinski definition) is 2. The average Bonchev–Trinajstić information content (AvgIpc) is 2.76. The van der Waals surface area contributed by atoms with Crippen LogP contribution >= 0.6 is 0 Å². The molecule has 2 nitrogen and oxygen atoms in total. The molecule has 2 heteroatoms. The Bertz CT molecular complexity index is 548. The molecular weight excluding hydrogens is 258 g/mol. The quantitative estimate of drug-likeness (QED) is 0.671. The van der Waals surface area contributed by atoms with E-state index in [4.69, 9.17) is 5.73 Å². The van der Waals surface area contributed by atoms with Crippen molar-refractivity contribution in [2.24, 2.45) is 34.3 Å². The Balaban J connectivity index is 1.75. The molecule has 0 aromatic rings. The summed E-state index contributed by atoms with van der Waals surface area (Å²) < 4.78 is 0. The van der Waals surface area contributed by atoms with Crippen LogP contribution in [0.2, 0.25) is 0 Å². The molecule has 0 bridgehead atoms. The van der Waals surface area contributed by atoms with Gasteiger partial charge in [-0.3, -0.25) is 0 Å². The van der Waals surface area contributed by atoms with Crippen molar-refractivity contribution in [3.05, 3.63) is 36.0 Å². The third-order valence-electron chi connectivity index (χ3n) is 7.21. The molecule has 2 fully saturated rings. The number of rotatable bonds is 0. The van der Waals surface area contributed by atoms with Crippen molar-refractivity contribution in [3.63, 3.8) is 0 Å². The summed E-state index contributed by atoms with van der Waals surface area (Å²) in [6.07, 6.45) is 16.0. The van der Waals surface area contributed by atoms with Crippen molar-refractivity contribution in [1.82, 2.24) is 0 Å². The van der Waals surface area contributed by atoms with Gasteiger partial charge in [0.15, 0.2) is 0 Å². The lowest BCUT2D eigenvalue weighted by molar-refractivity contribution is -0.0376. The molecular formula is C19H27NO. The maximum Gasteiger partial charge on any atom is 0.0596 e. The van der Waals surface area contributed by atoms with Gasteiger partial charge < -0.3 is 10.8 Å². The number of nitrogens with two attached hydrogens (primary N) is 1. The fourth-order valence-electron chi connectivity index (χ4n) is 5.77. The molecule has 4 aliphatic carbocycles. The molecule has 2 unspecified atom stereocenters. The van der Waals surface area contributed by atoms with E-state index in [1.165, 1.54) is 18.4 Å². The van der Waals surface area contributed by atoms with Crippen molar-refractivity contribution in [2.45, 2.75) is 51.7 Å². The first-order valence-electron chi connectivity index (χ1n) is 8.49. The van der Waals surface area contributed by atoms with E-state index < -0.39 is 0 Å². The molecule has 0 aromatic carbocycles. The number of aliphatic hydroxyl groups is 1. The Morgan fingerprint density at radius 1 is 1.14 bits per heavy atom. The van der Waals surface area contributed by atoms with Crippen LogP contribution in [0.25, 0.3) is 0 Å². The highest BCUT2D eigenvalue weighted by Gasteiger charge is 2.57. The van der Waals surface area contributed by atoms with Crippen LogP contribution in [0.15, 0.2) is 36.0 Å². The smallest absolute Gasteiger partial charge is 0.0596 e. The molecule has 0 amide bonds. The summed E-state index contributed by atoms with van der Waals surface area (Å²) in [6, 6.07) is 0.0661. The fraction of sp³-hybridized carbons (Fsp3) is 0.684. The first kappa shape index (κ1) is 13.8. The molecule has 4 rings (SSSR count). The third kappa shape index (κ3) is 1.72. The topological polar surface area (TPSA) is 46.2 Å². The molecule has 0 radical (unpaired) electrons. The van der Waals surface area contributed by atoms with Gasteiger partial charge in [-0.25, -0.2) is 0 Å². The Morgan fingerprint density at radius 2 is 1.95 bits per heavy atom. The van der Waals surface area contributed by atoms with Crippen LogP contribution in [-0.2, 0) is 0 Å². The van der Waals surface area contributed by atoms with Gasteiger partial charge in [0.05, 0.1) is 6.10 Å². The molecule has 3 N–H and O–H groups in total. The third-order valence-corrected chi connectivity index (χ3v) is 7.21. The number of fused-ring (bicyclic) bond motifs is 5. The second-order valence-electron chi connectivity index (χ2n) is 8.13. The molecule has 0 saturated heterocycles. The molecule has 21 heavy (non-hydrogen) atoms. The van der Waals surface area contributed by atoms with Gasteiger partial charge in [-0.05, 0) is 54.4 Å². The molecule has 114 valence electrons. The van der Waals surface area contributed by atoms with E-state index in [0.717, 1.165) is 12.8 Å². The summed E-state index contributed by atoms with van der Waals surface area (Å²) in [5.41, 5.74) is 7.75. The van der Waals surface area contributed by atoms with Crippen LogP contribution in [0.5, 0.6) is 0 Å². The molecule has 2 saturated carbocycles. The Morgan fingerprint density at radius 3 is 2.76 bits per heavy atom. The molecule has 0 aromatic heterocycles. The zero-order valence-corrected chi connectivity index (χ0v) is 13.1. The molecule has 0 aliphatic heterocycles. The molecule has 0 heterocycles. The average molecular weight is 285 g/mol. The highest BCUT2D eigenvalue weighted by atomic mass is 16.3. The van der Waals surface area contributed by atoms with Gasteiger partial charge in [-0.1, -0.05) is 44.2 Å². The number of hydrogen-bond acceptors (Lipinski definition) is 2.